The summed E-state index contributed by atoms with van der Waals surface area (Å²) in [4.78, 5) is 24.7. The third kappa shape index (κ3) is 2.64. The minimum absolute atomic E-state index is 0.0213. The number of nitrogens with one attached hydrogen (secondary N) is 1. The summed E-state index contributed by atoms with van der Waals surface area (Å²) in [6, 6.07) is 5.80. The number of carbonyl (C=O) groups excluding carboxylic acids is 1. The minimum atomic E-state index is -0.846. The van der Waals surface area contributed by atoms with E-state index in [1.807, 2.05) is 45.9 Å². The summed E-state index contributed by atoms with van der Waals surface area (Å²) in [6.07, 6.45) is 1.80. The topological polar surface area (TPSA) is 66.4 Å². The molecule has 0 heterocycles. The molecular formula is C20H25NO3. The van der Waals surface area contributed by atoms with Gasteiger partial charge in [0, 0.05) is 5.69 Å². The number of carbonyl (C=O) groups is 2. The SMILES string of the molecule is CC(C)=C1[C@H]2CC[C@@H]1[C@@H](C(=O)Nc1ccc(C)c(C)c1)[C@@H]2C(=O)O. The molecule has 2 bridgehead atoms. The van der Waals surface area contributed by atoms with Crippen molar-refractivity contribution >= 4 is 17.6 Å². The number of fused-ring (bicyclic) bond motifs is 2. The van der Waals surface area contributed by atoms with Gasteiger partial charge in [0.05, 0.1) is 11.8 Å². The van der Waals surface area contributed by atoms with Crippen LogP contribution in [0.25, 0.3) is 0 Å². The molecule has 1 aromatic carbocycles. The largest absolute Gasteiger partial charge is 0.481 e. The van der Waals surface area contributed by atoms with E-state index in [2.05, 4.69) is 5.32 Å². The Balaban J connectivity index is 1.89. The van der Waals surface area contributed by atoms with Crippen LogP contribution in [-0.2, 0) is 9.59 Å². The molecule has 2 saturated carbocycles. The van der Waals surface area contributed by atoms with E-state index in [4.69, 9.17) is 0 Å². The van der Waals surface area contributed by atoms with Crippen LogP contribution in [0.3, 0.4) is 0 Å². The van der Waals surface area contributed by atoms with Gasteiger partial charge in [0.15, 0.2) is 0 Å². The first-order chi connectivity index (χ1) is 11.3. The summed E-state index contributed by atoms with van der Waals surface area (Å²) in [5.41, 5.74) is 5.41. The molecule has 2 aliphatic carbocycles. The van der Waals surface area contributed by atoms with E-state index in [9.17, 15) is 14.7 Å². The summed E-state index contributed by atoms with van der Waals surface area (Å²) in [5.74, 6) is -1.97. The van der Waals surface area contributed by atoms with Crippen LogP contribution in [0.4, 0.5) is 5.69 Å². The molecule has 2 aliphatic rings. The molecule has 128 valence electrons. The molecule has 1 amide bonds. The molecule has 0 spiro atoms. The third-order valence-corrected chi connectivity index (χ3v) is 5.78. The third-order valence-electron chi connectivity index (χ3n) is 5.78. The Bertz CT molecular complexity index is 730. The maximum Gasteiger partial charge on any atom is 0.307 e. The number of aliphatic carboxylic acids is 1. The second kappa shape index (κ2) is 6.08. The fourth-order valence-electron chi connectivity index (χ4n) is 4.65. The normalized spacial score (nSPS) is 28.1. The number of carboxylic acids is 1. The molecule has 4 nitrogen and oxygen atoms in total. The van der Waals surface area contributed by atoms with Crippen LogP contribution in [0.2, 0.25) is 0 Å². The summed E-state index contributed by atoms with van der Waals surface area (Å²) in [5, 5.41) is 12.7. The van der Waals surface area contributed by atoms with Gasteiger partial charge >= 0.3 is 5.97 Å². The van der Waals surface area contributed by atoms with Crippen molar-refractivity contribution in [3.05, 3.63) is 40.5 Å². The molecule has 2 fully saturated rings. The fourth-order valence-corrected chi connectivity index (χ4v) is 4.65. The fraction of sp³-hybridized carbons (Fsp3) is 0.500. The van der Waals surface area contributed by atoms with Crippen molar-refractivity contribution in [2.24, 2.45) is 23.7 Å². The van der Waals surface area contributed by atoms with E-state index in [0.29, 0.717) is 0 Å². The lowest BCUT2D eigenvalue weighted by Crippen LogP contribution is -2.37. The van der Waals surface area contributed by atoms with Gasteiger partial charge in [-0.25, -0.2) is 0 Å². The lowest BCUT2D eigenvalue weighted by atomic mass is 9.78. The maximum atomic E-state index is 12.9. The van der Waals surface area contributed by atoms with Crippen molar-refractivity contribution in [1.29, 1.82) is 0 Å². The molecule has 0 radical (unpaired) electrons. The van der Waals surface area contributed by atoms with E-state index < -0.39 is 17.8 Å². The monoisotopic (exact) mass is 327 g/mol. The van der Waals surface area contributed by atoms with Crippen LogP contribution < -0.4 is 5.32 Å². The molecule has 2 N–H and O–H groups in total. The molecule has 1 aromatic rings. The van der Waals surface area contributed by atoms with Crippen molar-refractivity contribution in [3.63, 3.8) is 0 Å². The number of amides is 1. The highest BCUT2D eigenvalue weighted by molar-refractivity contribution is 5.96. The molecule has 3 rings (SSSR count). The van der Waals surface area contributed by atoms with Crippen molar-refractivity contribution in [3.8, 4) is 0 Å². The molecule has 4 atom stereocenters. The number of benzene rings is 1. The molecule has 24 heavy (non-hydrogen) atoms. The Labute approximate surface area is 143 Å². The van der Waals surface area contributed by atoms with Gasteiger partial charge in [-0.1, -0.05) is 17.2 Å². The standard InChI is InChI=1S/C20H25NO3/c1-10(2)16-14-7-8-15(16)18(20(23)24)17(14)19(22)21-13-6-5-11(3)12(4)9-13/h5-6,9,14-15,17-18H,7-8H2,1-4H3,(H,21,22)(H,23,24)/t14-,15+,17+,18+/m0/s1. The molecule has 4 heteroatoms. The molecule has 0 aromatic heterocycles. The Morgan fingerprint density at radius 2 is 1.67 bits per heavy atom. The Kier molecular flexibility index (Phi) is 4.24. The maximum absolute atomic E-state index is 12.9. The minimum Gasteiger partial charge on any atom is -0.481 e. The predicted octanol–water partition coefficient (Wildman–Crippen LogP) is 3.94. The number of hydrogen-bond acceptors (Lipinski definition) is 2. The van der Waals surface area contributed by atoms with Gasteiger partial charge in [0.25, 0.3) is 0 Å². The van der Waals surface area contributed by atoms with E-state index in [0.717, 1.165) is 24.1 Å². The average molecular weight is 327 g/mol. The Hall–Kier alpha value is -2.10. The van der Waals surface area contributed by atoms with E-state index in [-0.39, 0.29) is 17.7 Å². The first-order valence-electron chi connectivity index (χ1n) is 8.59. The number of hydrogen-bond donors (Lipinski definition) is 2. The predicted molar refractivity (Wildman–Crippen MR) is 93.7 cm³/mol. The zero-order chi connectivity index (χ0) is 17.6. The van der Waals surface area contributed by atoms with Crippen molar-refractivity contribution in [2.75, 3.05) is 5.32 Å². The van der Waals surface area contributed by atoms with Gasteiger partial charge in [-0.2, -0.15) is 0 Å². The number of anilines is 1. The summed E-state index contributed by atoms with van der Waals surface area (Å²) in [7, 11) is 0. The lowest BCUT2D eigenvalue weighted by Gasteiger charge is -2.26. The lowest BCUT2D eigenvalue weighted by molar-refractivity contribution is -0.148. The number of carboxylic acid groups (broad SMARTS) is 1. The first kappa shape index (κ1) is 16.7. The van der Waals surface area contributed by atoms with Crippen LogP contribution >= 0.6 is 0 Å². The second-order valence-corrected chi connectivity index (χ2v) is 7.42. The average Bonchev–Trinajstić information content (AvgIpc) is 3.06. The van der Waals surface area contributed by atoms with Gasteiger partial charge in [-0.15, -0.1) is 0 Å². The van der Waals surface area contributed by atoms with Gasteiger partial charge < -0.3 is 10.4 Å². The smallest absolute Gasteiger partial charge is 0.307 e. The van der Waals surface area contributed by atoms with E-state index in [1.165, 1.54) is 16.7 Å². The van der Waals surface area contributed by atoms with Crippen molar-refractivity contribution < 1.29 is 14.7 Å². The van der Waals surface area contributed by atoms with Crippen LogP contribution in [0, 0.1) is 37.5 Å². The number of rotatable bonds is 3. The quantitative estimate of drug-likeness (QED) is 0.827. The van der Waals surface area contributed by atoms with E-state index >= 15 is 0 Å². The molecular weight excluding hydrogens is 302 g/mol. The highest BCUT2D eigenvalue weighted by Gasteiger charge is 2.57. The van der Waals surface area contributed by atoms with Crippen LogP contribution in [0.1, 0.15) is 37.8 Å². The molecule has 0 unspecified atom stereocenters. The van der Waals surface area contributed by atoms with Crippen LogP contribution in [-0.4, -0.2) is 17.0 Å². The highest BCUT2D eigenvalue weighted by atomic mass is 16.4. The Morgan fingerprint density at radius 1 is 1.04 bits per heavy atom. The summed E-state index contributed by atoms with van der Waals surface area (Å²) in [6.45, 7) is 8.09. The summed E-state index contributed by atoms with van der Waals surface area (Å²) < 4.78 is 0. The molecule has 0 saturated heterocycles. The number of aryl methyl sites for hydroxylation is 2. The van der Waals surface area contributed by atoms with Gasteiger partial charge in [-0.3, -0.25) is 9.59 Å². The van der Waals surface area contributed by atoms with Crippen molar-refractivity contribution in [1.82, 2.24) is 0 Å². The highest BCUT2D eigenvalue weighted by Crippen LogP contribution is 2.57. The van der Waals surface area contributed by atoms with Gasteiger partial charge in [0.1, 0.15) is 0 Å². The zero-order valence-electron chi connectivity index (χ0n) is 14.7. The van der Waals surface area contributed by atoms with Crippen LogP contribution in [0.15, 0.2) is 29.3 Å². The second-order valence-electron chi connectivity index (χ2n) is 7.42. The first-order valence-corrected chi connectivity index (χ1v) is 8.59. The van der Waals surface area contributed by atoms with Gasteiger partial charge in [-0.05, 0) is 75.6 Å². The van der Waals surface area contributed by atoms with Crippen LogP contribution in [0.5, 0.6) is 0 Å². The van der Waals surface area contributed by atoms with E-state index in [1.54, 1.807) is 0 Å². The van der Waals surface area contributed by atoms with Crippen molar-refractivity contribution in [2.45, 2.75) is 40.5 Å². The number of allylic oxidation sites excluding steroid dienone is 2. The zero-order valence-corrected chi connectivity index (χ0v) is 14.7. The Morgan fingerprint density at radius 3 is 2.21 bits per heavy atom. The van der Waals surface area contributed by atoms with Gasteiger partial charge in [0.2, 0.25) is 5.91 Å². The molecule has 0 aliphatic heterocycles. The summed E-state index contributed by atoms with van der Waals surface area (Å²) >= 11 is 0.